The molecule has 204 valence electrons. The van der Waals surface area contributed by atoms with Crippen LogP contribution >= 0.6 is 12.2 Å². The molecule has 4 rings (SSSR count). The molecule has 14 heteroatoms. The lowest BCUT2D eigenvalue weighted by Gasteiger charge is -2.24. The average Bonchev–Trinajstić information content (AvgIpc) is 3.08. The second-order valence-corrected chi connectivity index (χ2v) is 9.27. The molecule has 2 aromatic rings. The Balaban J connectivity index is 1.32. The van der Waals surface area contributed by atoms with Crippen LogP contribution in [0.4, 0.5) is 25.4 Å². The number of methoxy groups -OCH3 is 1. The number of hydrogen-bond acceptors (Lipinski definition) is 9. The second-order valence-electron chi connectivity index (χ2n) is 8.90. The van der Waals surface area contributed by atoms with Gasteiger partial charge in [0.15, 0.2) is 0 Å². The molecular weight excluding hydrogens is 515 g/mol. The Morgan fingerprint density at radius 1 is 1.21 bits per heavy atom. The lowest BCUT2D eigenvalue weighted by molar-refractivity contribution is 0.142. The van der Waals surface area contributed by atoms with Crippen LogP contribution in [0, 0.1) is 19.7 Å². The van der Waals surface area contributed by atoms with Crippen molar-refractivity contribution in [3.63, 3.8) is 0 Å². The zero-order valence-corrected chi connectivity index (χ0v) is 22.3. The van der Waals surface area contributed by atoms with Crippen LogP contribution in [0.25, 0.3) is 0 Å². The number of aryl methyl sites for hydroxylation is 2. The number of urea groups is 1. The first-order valence-electron chi connectivity index (χ1n) is 12.2. The SMILES string of the molecule is COC(=S)NC[C@H]1CN(c2ccc(N3CCNN(C(=O)NCc4nc(C)cc(C)n4)CC3)c(F)c2)C(=O)O1. The fourth-order valence-electron chi connectivity index (χ4n) is 4.30. The third kappa shape index (κ3) is 6.75. The van der Waals surface area contributed by atoms with Gasteiger partial charge in [0.25, 0.3) is 5.17 Å². The quantitative estimate of drug-likeness (QED) is 0.461. The van der Waals surface area contributed by atoms with Crippen molar-refractivity contribution in [2.45, 2.75) is 26.5 Å². The highest BCUT2D eigenvalue weighted by atomic mass is 32.1. The van der Waals surface area contributed by atoms with E-state index in [9.17, 15) is 9.59 Å². The molecule has 0 bridgehead atoms. The van der Waals surface area contributed by atoms with Crippen molar-refractivity contribution in [3.8, 4) is 0 Å². The number of anilines is 2. The predicted octanol–water partition coefficient (Wildman–Crippen LogP) is 1.62. The summed E-state index contributed by atoms with van der Waals surface area (Å²) in [4.78, 5) is 36.9. The van der Waals surface area contributed by atoms with Crippen LogP contribution in [0.15, 0.2) is 24.3 Å². The van der Waals surface area contributed by atoms with E-state index < -0.39 is 18.0 Å². The summed E-state index contributed by atoms with van der Waals surface area (Å²) in [5.74, 6) is 0.0691. The highest BCUT2D eigenvalue weighted by molar-refractivity contribution is 7.80. The number of hydrazine groups is 1. The molecule has 3 N–H and O–H groups in total. The van der Waals surface area contributed by atoms with Gasteiger partial charge in [-0.25, -0.2) is 29.4 Å². The maximum Gasteiger partial charge on any atom is 0.414 e. The van der Waals surface area contributed by atoms with Gasteiger partial charge in [0.2, 0.25) is 0 Å². The minimum Gasteiger partial charge on any atom is -0.474 e. The Labute approximate surface area is 225 Å². The number of halogens is 1. The molecule has 2 saturated heterocycles. The number of carbonyl (C=O) groups is 2. The summed E-state index contributed by atoms with van der Waals surface area (Å²) in [5, 5.41) is 7.34. The maximum atomic E-state index is 15.2. The maximum absolute atomic E-state index is 15.2. The van der Waals surface area contributed by atoms with Crippen molar-refractivity contribution in [2.75, 3.05) is 56.2 Å². The van der Waals surface area contributed by atoms with Gasteiger partial charge in [-0.05, 0) is 50.3 Å². The fourth-order valence-corrected chi connectivity index (χ4v) is 4.39. The van der Waals surface area contributed by atoms with E-state index >= 15 is 4.39 Å². The Bertz CT molecular complexity index is 1180. The zero-order valence-electron chi connectivity index (χ0n) is 21.5. The number of nitrogens with zero attached hydrogens (tertiary/aromatic N) is 5. The zero-order chi connectivity index (χ0) is 27.2. The number of ether oxygens (including phenoxy) is 2. The molecular formula is C24H31FN8O4S. The van der Waals surface area contributed by atoms with Crippen molar-refractivity contribution >= 4 is 40.9 Å². The smallest absolute Gasteiger partial charge is 0.414 e. The van der Waals surface area contributed by atoms with Gasteiger partial charge in [0, 0.05) is 31.0 Å². The molecule has 0 aliphatic carbocycles. The summed E-state index contributed by atoms with van der Waals surface area (Å²) in [6.45, 7) is 6.16. The van der Waals surface area contributed by atoms with Gasteiger partial charge in [0.05, 0.1) is 44.7 Å². The lowest BCUT2D eigenvalue weighted by Crippen LogP contribution is -2.48. The van der Waals surface area contributed by atoms with Crippen molar-refractivity contribution in [3.05, 3.63) is 47.3 Å². The predicted molar refractivity (Wildman–Crippen MR) is 142 cm³/mol. The number of thiocarbonyl (C=S) groups is 1. The van der Waals surface area contributed by atoms with Gasteiger partial charge in [0.1, 0.15) is 17.7 Å². The third-order valence-electron chi connectivity index (χ3n) is 6.07. The normalized spacial score (nSPS) is 17.6. The molecule has 1 atom stereocenters. The van der Waals surface area contributed by atoms with Crippen LogP contribution in [-0.2, 0) is 16.0 Å². The molecule has 0 spiro atoms. The van der Waals surface area contributed by atoms with E-state index in [2.05, 4.69) is 26.0 Å². The molecule has 0 radical (unpaired) electrons. The van der Waals surface area contributed by atoms with Crippen LogP contribution in [0.2, 0.25) is 0 Å². The summed E-state index contributed by atoms with van der Waals surface area (Å²) in [6, 6.07) is 6.19. The van der Waals surface area contributed by atoms with Gasteiger partial charge >= 0.3 is 12.1 Å². The number of amides is 3. The van der Waals surface area contributed by atoms with Crippen molar-refractivity contribution in [2.24, 2.45) is 0 Å². The van der Waals surface area contributed by atoms with Crippen LogP contribution < -0.4 is 25.9 Å². The average molecular weight is 547 g/mol. The molecule has 2 aliphatic rings. The van der Waals surface area contributed by atoms with Crippen molar-refractivity contribution in [1.29, 1.82) is 0 Å². The fraction of sp³-hybridized carbons (Fsp3) is 0.458. The molecule has 1 aromatic heterocycles. The van der Waals surface area contributed by atoms with Gasteiger partial charge in [-0.2, -0.15) is 0 Å². The van der Waals surface area contributed by atoms with Crippen molar-refractivity contribution < 1.29 is 23.5 Å². The summed E-state index contributed by atoms with van der Waals surface area (Å²) in [6.07, 6.45) is -1.01. The molecule has 12 nitrogen and oxygen atoms in total. The molecule has 0 unspecified atom stereocenters. The van der Waals surface area contributed by atoms with Gasteiger partial charge in [-0.15, -0.1) is 0 Å². The highest BCUT2D eigenvalue weighted by Gasteiger charge is 2.33. The minimum absolute atomic E-state index is 0.202. The van der Waals surface area contributed by atoms with Gasteiger partial charge < -0.3 is 25.0 Å². The van der Waals surface area contributed by atoms with Gasteiger partial charge in [-0.1, -0.05) is 0 Å². The molecule has 3 heterocycles. The van der Waals surface area contributed by atoms with Crippen molar-refractivity contribution in [1.82, 2.24) is 31.0 Å². The number of cyclic esters (lactones) is 1. The third-order valence-corrected chi connectivity index (χ3v) is 6.38. The number of benzene rings is 1. The summed E-state index contributed by atoms with van der Waals surface area (Å²) in [7, 11) is 1.45. The first-order valence-corrected chi connectivity index (χ1v) is 12.6. The number of rotatable bonds is 6. The van der Waals surface area contributed by atoms with E-state index in [0.29, 0.717) is 43.4 Å². The Morgan fingerprint density at radius 2 is 1.97 bits per heavy atom. The molecule has 1 aromatic carbocycles. The molecule has 2 fully saturated rings. The van der Waals surface area contributed by atoms with E-state index in [1.807, 2.05) is 24.8 Å². The number of hydrogen-bond donors (Lipinski definition) is 3. The standard InChI is InChI=1S/C24H31FN8O4S/c1-15-10-16(2)30-21(29-15)13-26-22(34)33-9-8-31(7-6-28-33)20-5-4-17(11-19(20)25)32-14-18(37-24(32)35)12-27-23(38)36-3/h4-5,10-11,18,28H,6-9,12-14H2,1-3H3,(H,26,34)(H,27,38)/t18-/m0/s1. The Hall–Kier alpha value is -3.78. The van der Waals surface area contributed by atoms with E-state index in [1.54, 1.807) is 12.1 Å². The molecule has 2 aliphatic heterocycles. The van der Waals surface area contributed by atoms with Crippen LogP contribution in [0.5, 0.6) is 0 Å². The summed E-state index contributed by atoms with van der Waals surface area (Å²) < 4.78 is 25.4. The van der Waals surface area contributed by atoms with E-state index in [4.69, 9.17) is 21.7 Å². The molecule has 3 amide bonds. The number of nitrogens with one attached hydrogen (secondary N) is 3. The second kappa shape index (κ2) is 12.2. The van der Waals surface area contributed by atoms with Gasteiger partial charge in [-0.3, -0.25) is 9.91 Å². The molecule has 0 saturated carbocycles. The topological polar surface area (TPSA) is 124 Å². The number of aromatic nitrogens is 2. The minimum atomic E-state index is -0.556. The lowest BCUT2D eigenvalue weighted by atomic mass is 10.2. The Morgan fingerprint density at radius 3 is 2.68 bits per heavy atom. The number of carbonyl (C=O) groups excluding carboxylic acids is 2. The van der Waals surface area contributed by atoms with E-state index in [1.165, 1.54) is 23.1 Å². The Kier molecular flexibility index (Phi) is 8.73. The monoisotopic (exact) mass is 546 g/mol. The first kappa shape index (κ1) is 27.3. The van der Waals surface area contributed by atoms with Crippen LogP contribution in [0.3, 0.4) is 0 Å². The largest absolute Gasteiger partial charge is 0.474 e. The first-order chi connectivity index (χ1) is 18.2. The van der Waals surface area contributed by atoms with Crippen LogP contribution in [-0.4, -0.2) is 84.8 Å². The molecule has 38 heavy (non-hydrogen) atoms. The highest BCUT2D eigenvalue weighted by Crippen LogP contribution is 2.28. The summed E-state index contributed by atoms with van der Waals surface area (Å²) >= 11 is 4.93. The van der Waals surface area contributed by atoms with E-state index in [0.717, 1.165) is 11.4 Å². The van der Waals surface area contributed by atoms with Crippen LogP contribution in [0.1, 0.15) is 17.2 Å². The van der Waals surface area contributed by atoms with E-state index in [-0.39, 0.29) is 30.8 Å². The summed E-state index contributed by atoms with van der Waals surface area (Å²) in [5.41, 5.74) is 5.53.